The molecule has 5 nitrogen and oxygen atoms in total. The fourth-order valence-electron chi connectivity index (χ4n) is 2.69. The van der Waals surface area contributed by atoms with Crippen LogP contribution in [-0.4, -0.2) is 49.7 Å². The highest BCUT2D eigenvalue weighted by atomic mass is 16.5. The Bertz CT molecular complexity index is 474. The highest BCUT2D eigenvalue weighted by molar-refractivity contribution is 5.97. The van der Waals surface area contributed by atoms with E-state index < -0.39 is 0 Å². The van der Waals surface area contributed by atoms with Gasteiger partial charge in [0.2, 0.25) is 0 Å². The lowest BCUT2D eigenvalue weighted by Gasteiger charge is -2.33. The molecule has 2 N–H and O–H groups in total. The van der Waals surface area contributed by atoms with E-state index in [1.807, 2.05) is 11.9 Å². The Morgan fingerprint density at radius 1 is 1.55 bits per heavy atom. The molecule has 1 atom stereocenters. The summed E-state index contributed by atoms with van der Waals surface area (Å²) in [6, 6.07) is 4.79. The molecule has 1 aromatic rings. The maximum Gasteiger partial charge on any atom is 0.257 e. The van der Waals surface area contributed by atoms with Crippen molar-refractivity contribution in [2.75, 3.05) is 33.8 Å². The minimum Gasteiger partial charge on any atom is -0.507 e. The van der Waals surface area contributed by atoms with Crippen molar-refractivity contribution in [2.24, 2.45) is 5.92 Å². The normalized spacial score (nSPS) is 18.9. The number of phenolic OH excluding ortho intramolecular Hbond substituents is 1. The first-order valence-corrected chi connectivity index (χ1v) is 6.96. The number of hydrogen-bond donors (Lipinski definition) is 2. The molecule has 2 rings (SSSR count). The fourth-order valence-corrected chi connectivity index (χ4v) is 2.69. The van der Waals surface area contributed by atoms with Gasteiger partial charge in [0, 0.05) is 19.2 Å². The van der Waals surface area contributed by atoms with Crippen molar-refractivity contribution in [3.8, 4) is 11.5 Å². The largest absolute Gasteiger partial charge is 0.507 e. The molecular formula is C15H22N2O3. The smallest absolute Gasteiger partial charge is 0.257 e. The van der Waals surface area contributed by atoms with Gasteiger partial charge >= 0.3 is 0 Å². The number of rotatable bonds is 4. The van der Waals surface area contributed by atoms with E-state index in [0.717, 1.165) is 32.5 Å². The van der Waals surface area contributed by atoms with Crippen molar-refractivity contribution in [1.82, 2.24) is 10.2 Å². The third-order valence-electron chi connectivity index (χ3n) is 3.73. The molecule has 1 aliphatic rings. The molecule has 1 aromatic carbocycles. The van der Waals surface area contributed by atoms with E-state index in [-0.39, 0.29) is 11.7 Å². The lowest BCUT2D eigenvalue weighted by molar-refractivity contribution is 0.0671. The Hall–Kier alpha value is -1.75. The first kappa shape index (κ1) is 14.7. The Kier molecular flexibility index (Phi) is 4.84. The summed E-state index contributed by atoms with van der Waals surface area (Å²) in [5.74, 6) is 0.903. The quantitative estimate of drug-likeness (QED) is 0.875. The number of nitrogens with zero attached hydrogens (tertiary/aromatic N) is 1. The van der Waals surface area contributed by atoms with Crippen LogP contribution in [0.25, 0.3) is 0 Å². The number of aromatic hydroxyl groups is 1. The molecule has 0 bridgehead atoms. The van der Waals surface area contributed by atoms with Gasteiger partial charge in [-0.1, -0.05) is 0 Å². The molecule has 110 valence electrons. The van der Waals surface area contributed by atoms with Gasteiger partial charge in [-0.2, -0.15) is 0 Å². The van der Waals surface area contributed by atoms with Crippen molar-refractivity contribution in [3.63, 3.8) is 0 Å². The van der Waals surface area contributed by atoms with Gasteiger partial charge in [-0.3, -0.25) is 4.79 Å². The predicted octanol–water partition coefficient (Wildman–Crippen LogP) is 1.47. The number of phenols is 1. The molecule has 0 saturated carbocycles. The molecule has 1 heterocycles. The van der Waals surface area contributed by atoms with E-state index in [0.29, 0.717) is 17.2 Å². The van der Waals surface area contributed by atoms with Crippen molar-refractivity contribution < 1.29 is 14.6 Å². The van der Waals surface area contributed by atoms with Crippen molar-refractivity contribution >= 4 is 5.91 Å². The molecule has 0 spiro atoms. The second-order valence-corrected chi connectivity index (χ2v) is 5.20. The minimum atomic E-state index is -0.106. The van der Waals surface area contributed by atoms with Gasteiger partial charge in [0.1, 0.15) is 11.5 Å². The monoisotopic (exact) mass is 278 g/mol. The van der Waals surface area contributed by atoms with E-state index in [1.54, 1.807) is 12.1 Å². The van der Waals surface area contributed by atoms with Gasteiger partial charge in [0.15, 0.2) is 0 Å². The van der Waals surface area contributed by atoms with Crippen LogP contribution in [0.4, 0.5) is 0 Å². The second kappa shape index (κ2) is 6.61. The van der Waals surface area contributed by atoms with Crippen LogP contribution < -0.4 is 10.1 Å². The van der Waals surface area contributed by atoms with Gasteiger partial charge in [-0.15, -0.1) is 0 Å². The summed E-state index contributed by atoms with van der Waals surface area (Å²) in [5.41, 5.74) is 0.343. The summed E-state index contributed by atoms with van der Waals surface area (Å²) in [6.45, 7) is 2.41. The van der Waals surface area contributed by atoms with Crippen LogP contribution in [0.2, 0.25) is 0 Å². The Balaban J connectivity index is 2.10. The number of benzene rings is 1. The molecule has 5 heteroatoms. The number of ether oxygens (including phenoxy) is 1. The molecule has 0 radical (unpaired) electrons. The number of hydrogen-bond acceptors (Lipinski definition) is 4. The van der Waals surface area contributed by atoms with Crippen molar-refractivity contribution in [3.05, 3.63) is 23.8 Å². The SMILES string of the molecule is CNCC1CCCN(C(=O)c2ccc(OC)cc2O)C1. The molecule has 1 fully saturated rings. The van der Waals surface area contributed by atoms with E-state index >= 15 is 0 Å². The summed E-state index contributed by atoms with van der Waals surface area (Å²) in [7, 11) is 3.46. The van der Waals surface area contributed by atoms with Crippen LogP contribution in [0.1, 0.15) is 23.2 Å². The topological polar surface area (TPSA) is 61.8 Å². The Morgan fingerprint density at radius 3 is 3.00 bits per heavy atom. The lowest BCUT2D eigenvalue weighted by Crippen LogP contribution is -2.42. The molecular weight excluding hydrogens is 256 g/mol. The third-order valence-corrected chi connectivity index (χ3v) is 3.73. The van der Waals surface area contributed by atoms with E-state index in [1.165, 1.54) is 13.2 Å². The highest BCUT2D eigenvalue weighted by Gasteiger charge is 2.25. The van der Waals surface area contributed by atoms with E-state index in [9.17, 15) is 9.90 Å². The molecule has 0 aliphatic carbocycles. The maximum absolute atomic E-state index is 12.5. The van der Waals surface area contributed by atoms with E-state index in [2.05, 4.69) is 5.32 Å². The number of carbonyl (C=O) groups is 1. The minimum absolute atomic E-state index is 0.0231. The first-order valence-electron chi connectivity index (χ1n) is 6.96. The van der Waals surface area contributed by atoms with Crippen molar-refractivity contribution in [1.29, 1.82) is 0 Å². The number of piperidine rings is 1. The summed E-state index contributed by atoms with van der Waals surface area (Å²) in [5, 5.41) is 13.1. The Morgan fingerprint density at radius 2 is 2.35 bits per heavy atom. The maximum atomic E-state index is 12.5. The summed E-state index contributed by atoms with van der Waals surface area (Å²) >= 11 is 0. The fraction of sp³-hybridized carbons (Fsp3) is 0.533. The predicted molar refractivity (Wildman–Crippen MR) is 77.2 cm³/mol. The van der Waals surface area contributed by atoms with Crippen LogP contribution in [0.5, 0.6) is 11.5 Å². The van der Waals surface area contributed by atoms with Gasteiger partial charge in [0.25, 0.3) is 5.91 Å². The number of methoxy groups -OCH3 is 1. The van der Waals surface area contributed by atoms with Crippen LogP contribution in [-0.2, 0) is 0 Å². The molecule has 1 saturated heterocycles. The number of carbonyl (C=O) groups excluding carboxylic acids is 1. The summed E-state index contributed by atoms with van der Waals surface area (Å²) < 4.78 is 5.03. The van der Waals surface area contributed by atoms with Crippen LogP contribution in [0.15, 0.2) is 18.2 Å². The highest BCUT2D eigenvalue weighted by Crippen LogP contribution is 2.26. The number of likely N-dealkylation sites (tertiary alicyclic amines) is 1. The molecule has 1 unspecified atom stereocenters. The van der Waals surface area contributed by atoms with Crippen LogP contribution in [0, 0.1) is 5.92 Å². The van der Waals surface area contributed by atoms with Gasteiger partial charge < -0.3 is 20.1 Å². The first-order chi connectivity index (χ1) is 9.65. The average Bonchev–Trinajstić information content (AvgIpc) is 2.47. The van der Waals surface area contributed by atoms with Gasteiger partial charge in [-0.05, 0) is 44.5 Å². The zero-order chi connectivity index (χ0) is 14.5. The van der Waals surface area contributed by atoms with Gasteiger partial charge in [0.05, 0.1) is 12.7 Å². The summed E-state index contributed by atoms with van der Waals surface area (Å²) in [4.78, 5) is 14.3. The number of nitrogens with one attached hydrogen (secondary N) is 1. The molecule has 0 aromatic heterocycles. The van der Waals surface area contributed by atoms with E-state index in [4.69, 9.17) is 4.74 Å². The zero-order valence-corrected chi connectivity index (χ0v) is 12.1. The molecule has 1 aliphatic heterocycles. The zero-order valence-electron chi connectivity index (χ0n) is 12.1. The Labute approximate surface area is 119 Å². The lowest BCUT2D eigenvalue weighted by atomic mass is 9.97. The second-order valence-electron chi connectivity index (χ2n) is 5.20. The summed E-state index contributed by atoms with van der Waals surface area (Å²) in [6.07, 6.45) is 2.15. The van der Waals surface area contributed by atoms with Gasteiger partial charge in [-0.25, -0.2) is 0 Å². The van der Waals surface area contributed by atoms with Crippen LogP contribution >= 0.6 is 0 Å². The average molecular weight is 278 g/mol. The number of amides is 1. The van der Waals surface area contributed by atoms with Crippen molar-refractivity contribution in [2.45, 2.75) is 12.8 Å². The standard InChI is InChI=1S/C15H22N2O3/c1-16-9-11-4-3-7-17(10-11)15(19)13-6-5-12(20-2)8-14(13)18/h5-6,8,11,16,18H,3-4,7,9-10H2,1-2H3. The molecule has 20 heavy (non-hydrogen) atoms. The van der Waals surface area contributed by atoms with Crippen LogP contribution in [0.3, 0.4) is 0 Å². The molecule has 1 amide bonds. The third kappa shape index (κ3) is 3.22.